The summed E-state index contributed by atoms with van der Waals surface area (Å²) in [6.07, 6.45) is 4.78. The lowest BCUT2D eigenvalue weighted by molar-refractivity contribution is -0.394. The van der Waals surface area contributed by atoms with Crippen LogP contribution in [0.25, 0.3) is 5.82 Å². The van der Waals surface area contributed by atoms with Crippen molar-refractivity contribution < 1.29 is 14.6 Å². The Hall–Kier alpha value is -5.20. The van der Waals surface area contributed by atoms with Crippen LogP contribution in [-0.2, 0) is 0 Å². The highest BCUT2D eigenvalue weighted by atomic mass is 16.6. The van der Waals surface area contributed by atoms with Gasteiger partial charge in [-0.25, -0.2) is 14.6 Å². The topological polar surface area (TPSA) is 171 Å². The molecule has 4 aromatic rings. The van der Waals surface area contributed by atoms with E-state index in [1.807, 2.05) is 0 Å². The molecule has 0 aliphatic rings. The molecule has 13 nitrogen and oxygen atoms in total. The lowest BCUT2D eigenvalue weighted by Gasteiger charge is -2.09. The second kappa shape index (κ2) is 8.89. The van der Waals surface area contributed by atoms with E-state index < -0.39 is 27.1 Å². The van der Waals surface area contributed by atoms with E-state index in [0.717, 1.165) is 18.2 Å². The number of nitrogens with one attached hydrogen (secondary N) is 2. The number of anilines is 3. The van der Waals surface area contributed by atoms with Gasteiger partial charge in [-0.05, 0) is 30.3 Å². The van der Waals surface area contributed by atoms with Crippen molar-refractivity contribution in [2.45, 2.75) is 0 Å². The number of hydrogen-bond donors (Lipinski definition) is 2. The summed E-state index contributed by atoms with van der Waals surface area (Å²) >= 11 is 0. The maximum Gasteiger partial charge on any atom is 0.277 e. The minimum absolute atomic E-state index is 0.203. The van der Waals surface area contributed by atoms with Crippen molar-refractivity contribution in [1.29, 1.82) is 0 Å². The van der Waals surface area contributed by atoms with Gasteiger partial charge in [-0.2, -0.15) is 5.10 Å². The van der Waals surface area contributed by atoms with Crippen LogP contribution < -0.4 is 10.6 Å². The highest BCUT2D eigenvalue weighted by molar-refractivity contribution is 6.05. The molecule has 13 heteroatoms. The van der Waals surface area contributed by atoms with E-state index in [1.165, 1.54) is 6.33 Å². The molecular weight excluding hydrogens is 432 g/mol. The number of carbonyl (C=O) groups is 1. The third-order valence-corrected chi connectivity index (χ3v) is 4.39. The van der Waals surface area contributed by atoms with Crippen LogP contribution in [0.5, 0.6) is 0 Å². The standard InChI is InChI=1S/C20H14N8O5/c29-20(13-8-16(27(30)31)10-17(9-13)28(32)33)25-15-4-2-14(3-5-15)24-18-11-19(22-12-21-18)26-7-1-6-23-26/h1-12H,(H,25,29)(H,21,22,24). The van der Waals surface area contributed by atoms with Crippen LogP contribution >= 0.6 is 0 Å². The van der Waals surface area contributed by atoms with Gasteiger partial charge < -0.3 is 10.6 Å². The van der Waals surface area contributed by atoms with Gasteiger partial charge in [0.15, 0.2) is 5.82 Å². The normalized spacial score (nSPS) is 10.4. The maximum atomic E-state index is 12.5. The van der Waals surface area contributed by atoms with Crippen LogP contribution in [0, 0.1) is 20.2 Å². The Morgan fingerprint density at radius 3 is 2.18 bits per heavy atom. The molecule has 0 fully saturated rings. The van der Waals surface area contributed by atoms with Gasteiger partial charge in [0.1, 0.15) is 12.1 Å². The van der Waals surface area contributed by atoms with Crippen LogP contribution in [0.4, 0.5) is 28.6 Å². The van der Waals surface area contributed by atoms with E-state index in [-0.39, 0.29) is 5.56 Å². The Bertz CT molecular complexity index is 1310. The zero-order chi connectivity index (χ0) is 23.4. The number of nitro groups is 2. The number of nitro benzene ring substituents is 2. The van der Waals surface area contributed by atoms with Gasteiger partial charge in [0, 0.05) is 42.0 Å². The van der Waals surface area contributed by atoms with E-state index in [4.69, 9.17) is 0 Å². The van der Waals surface area contributed by atoms with Crippen molar-refractivity contribution in [3.63, 3.8) is 0 Å². The number of non-ortho nitro benzene ring substituents is 2. The molecule has 0 atom stereocenters. The quantitative estimate of drug-likeness (QED) is 0.318. The first-order valence-corrected chi connectivity index (χ1v) is 9.33. The summed E-state index contributed by atoms with van der Waals surface area (Å²) in [6.45, 7) is 0. The predicted octanol–water partition coefficient (Wildman–Crippen LogP) is 3.47. The van der Waals surface area contributed by atoms with Gasteiger partial charge in [0.05, 0.1) is 21.5 Å². The number of amides is 1. The fourth-order valence-corrected chi connectivity index (χ4v) is 2.87. The lowest BCUT2D eigenvalue weighted by atomic mass is 10.1. The van der Waals surface area contributed by atoms with Gasteiger partial charge in [-0.3, -0.25) is 25.0 Å². The van der Waals surface area contributed by atoms with E-state index in [9.17, 15) is 25.0 Å². The van der Waals surface area contributed by atoms with Crippen LogP contribution in [0.15, 0.2) is 73.3 Å². The molecule has 2 aromatic heterocycles. The molecular formula is C20H14N8O5. The zero-order valence-electron chi connectivity index (χ0n) is 16.7. The van der Waals surface area contributed by atoms with Crippen LogP contribution in [0.3, 0.4) is 0 Å². The molecule has 2 heterocycles. The molecule has 0 radical (unpaired) electrons. The van der Waals surface area contributed by atoms with Crippen molar-refractivity contribution in [3.8, 4) is 5.82 Å². The number of hydrogen-bond acceptors (Lipinski definition) is 9. The summed E-state index contributed by atoms with van der Waals surface area (Å²) in [5.74, 6) is 0.380. The SMILES string of the molecule is O=C(Nc1ccc(Nc2cc(-n3cccn3)ncn2)cc1)c1cc([N+](=O)[O-])cc([N+](=O)[O-])c1. The summed E-state index contributed by atoms with van der Waals surface area (Å²) in [6, 6.07) is 12.8. The number of nitrogens with zero attached hydrogens (tertiary/aromatic N) is 6. The van der Waals surface area contributed by atoms with Crippen molar-refractivity contribution >= 4 is 34.5 Å². The molecule has 33 heavy (non-hydrogen) atoms. The number of carbonyl (C=O) groups excluding carboxylic acids is 1. The second-order valence-corrected chi connectivity index (χ2v) is 6.62. The van der Waals surface area contributed by atoms with Crippen molar-refractivity contribution in [2.24, 2.45) is 0 Å². The zero-order valence-corrected chi connectivity index (χ0v) is 16.7. The van der Waals surface area contributed by atoms with E-state index in [1.54, 1.807) is 53.5 Å². The average Bonchev–Trinajstić information content (AvgIpc) is 3.35. The van der Waals surface area contributed by atoms with Gasteiger partial charge in [0.25, 0.3) is 17.3 Å². The Kier molecular flexibility index (Phi) is 5.67. The molecule has 0 bridgehead atoms. The maximum absolute atomic E-state index is 12.5. The Morgan fingerprint density at radius 2 is 1.58 bits per heavy atom. The van der Waals surface area contributed by atoms with E-state index in [0.29, 0.717) is 23.0 Å². The minimum atomic E-state index is -0.796. The number of rotatable bonds is 7. The highest BCUT2D eigenvalue weighted by Crippen LogP contribution is 2.24. The molecule has 0 spiro atoms. The molecule has 0 saturated heterocycles. The first kappa shape index (κ1) is 21.0. The minimum Gasteiger partial charge on any atom is -0.340 e. The first-order chi connectivity index (χ1) is 15.9. The summed E-state index contributed by atoms with van der Waals surface area (Å²) in [7, 11) is 0. The second-order valence-electron chi connectivity index (χ2n) is 6.62. The third kappa shape index (κ3) is 4.93. The number of aromatic nitrogens is 4. The van der Waals surface area contributed by atoms with Crippen LogP contribution in [0.1, 0.15) is 10.4 Å². The lowest BCUT2D eigenvalue weighted by Crippen LogP contribution is -2.12. The fraction of sp³-hybridized carbons (Fsp3) is 0. The average molecular weight is 446 g/mol. The summed E-state index contributed by atoms with van der Waals surface area (Å²) in [5, 5.41) is 31.8. The Morgan fingerprint density at radius 1 is 0.909 bits per heavy atom. The van der Waals surface area contributed by atoms with Crippen molar-refractivity contribution in [3.05, 3.63) is 99.1 Å². The van der Waals surface area contributed by atoms with Gasteiger partial charge >= 0.3 is 0 Å². The van der Waals surface area contributed by atoms with Gasteiger partial charge in [-0.1, -0.05) is 0 Å². The summed E-state index contributed by atoms with van der Waals surface area (Å²) < 4.78 is 1.59. The molecule has 164 valence electrons. The smallest absolute Gasteiger partial charge is 0.277 e. The van der Waals surface area contributed by atoms with Gasteiger partial charge in [0.2, 0.25) is 0 Å². The molecule has 4 rings (SSSR count). The molecule has 0 aliphatic carbocycles. The molecule has 0 saturated carbocycles. The predicted molar refractivity (Wildman–Crippen MR) is 117 cm³/mol. The summed E-state index contributed by atoms with van der Waals surface area (Å²) in [5.41, 5.74) is -0.240. The van der Waals surface area contributed by atoms with Crippen LogP contribution in [0.2, 0.25) is 0 Å². The fourth-order valence-electron chi connectivity index (χ4n) is 2.87. The van der Waals surface area contributed by atoms with E-state index >= 15 is 0 Å². The highest BCUT2D eigenvalue weighted by Gasteiger charge is 2.20. The Balaban J connectivity index is 1.47. The van der Waals surface area contributed by atoms with Crippen LogP contribution in [-0.4, -0.2) is 35.5 Å². The summed E-state index contributed by atoms with van der Waals surface area (Å²) in [4.78, 5) is 41.2. The number of benzene rings is 2. The van der Waals surface area contributed by atoms with Gasteiger partial charge in [-0.15, -0.1) is 0 Å². The van der Waals surface area contributed by atoms with Crippen molar-refractivity contribution in [2.75, 3.05) is 10.6 Å². The molecule has 0 aliphatic heterocycles. The molecule has 2 N–H and O–H groups in total. The first-order valence-electron chi connectivity index (χ1n) is 9.33. The monoisotopic (exact) mass is 446 g/mol. The Labute approximate surface area is 185 Å². The largest absolute Gasteiger partial charge is 0.340 e. The molecule has 1 amide bonds. The van der Waals surface area contributed by atoms with Crippen molar-refractivity contribution in [1.82, 2.24) is 19.7 Å². The molecule has 0 unspecified atom stereocenters. The third-order valence-electron chi connectivity index (χ3n) is 4.39. The van der Waals surface area contributed by atoms with E-state index in [2.05, 4.69) is 25.7 Å². The molecule has 2 aromatic carbocycles.